The summed E-state index contributed by atoms with van der Waals surface area (Å²) in [5.41, 5.74) is 8.36. The maximum atomic E-state index is 6.63. The number of hydrogen-bond acceptors (Lipinski definition) is 2. The minimum atomic E-state index is 0.873. The summed E-state index contributed by atoms with van der Waals surface area (Å²) in [5.74, 6) is 1.77. The lowest BCUT2D eigenvalue weighted by atomic mass is 9.92. The second-order valence-electron chi connectivity index (χ2n) is 10.0. The van der Waals surface area contributed by atoms with E-state index in [1.54, 1.807) is 0 Å². The van der Waals surface area contributed by atoms with Crippen LogP contribution in [0.2, 0.25) is 0 Å². The molecule has 40 heavy (non-hydrogen) atoms. The van der Waals surface area contributed by atoms with Crippen molar-refractivity contribution in [3.05, 3.63) is 146 Å². The Bertz CT molecular complexity index is 1960. The summed E-state index contributed by atoms with van der Waals surface area (Å²) in [6.45, 7) is 0. The quantitative estimate of drug-likeness (QED) is 0.234. The molecule has 0 spiro atoms. The minimum absolute atomic E-state index is 0.873. The number of benzene rings is 6. The molecule has 0 aliphatic rings. The van der Waals surface area contributed by atoms with Crippen LogP contribution in [0.3, 0.4) is 0 Å². The molecule has 0 bridgehead atoms. The van der Waals surface area contributed by atoms with Crippen LogP contribution >= 0.6 is 0 Å². The molecule has 0 saturated carbocycles. The van der Waals surface area contributed by atoms with Gasteiger partial charge in [-0.1, -0.05) is 121 Å². The summed E-state index contributed by atoms with van der Waals surface area (Å²) in [6.07, 6.45) is 0. The van der Waals surface area contributed by atoms with E-state index < -0.39 is 0 Å². The van der Waals surface area contributed by atoms with Crippen LogP contribution < -0.4 is 0 Å². The van der Waals surface area contributed by atoms with E-state index in [9.17, 15) is 0 Å². The Labute approximate surface area is 231 Å². The number of fused-ring (bicyclic) bond motifs is 5. The second kappa shape index (κ2) is 9.14. The van der Waals surface area contributed by atoms with Gasteiger partial charge >= 0.3 is 0 Å². The molecular formula is C38H24O2. The lowest BCUT2D eigenvalue weighted by Crippen LogP contribution is -1.84. The smallest absolute Gasteiger partial charge is 0.143 e. The van der Waals surface area contributed by atoms with Gasteiger partial charge in [0.25, 0.3) is 0 Å². The monoisotopic (exact) mass is 512 g/mol. The molecule has 0 saturated heterocycles. The van der Waals surface area contributed by atoms with E-state index in [0.717, 1.165) is 77.6 Å². The Balaban J connectivity index is 1.52. The van der Waals surface area contributed by atoms with Crippen molar-refractivity contribution < 1.29 is 8.83 Å². The highest BCUT2D eigenvalue weighted by atomic mass is 16.3. The minimum Gasteiger partial charge on any atom is -0.455 e. The molecule has 0 amide bonds. The van der Waals surface area contributed by atoms with E-state index in [2.05, 4.69) is 133 Å². The molecule has 2 heterocycles. The predicted octanol–water partition coefficient (Wildman–Crippen LogP) is 11.0. The molecule has 0 atom stereocenters. The molecule has 6 aromatic carbocycles. The Morgan fingerprint density at radius 3 is 0.975 bits per heavy atom. The number of hydrogen-bond donors (Lipinski definition) is 0. The third-order valence-electron chi connectivity index (χ3n) is 7.70. The van der Waals surface area contributed by atoms with Crippen LogP contribution in [0, 0.1) is 0 Å². The summed E-state index contributed by atoms with van der Waals surface area (Å²) in [5, 5.41) is 4.52. The van der Waals surface area contributed by atoms with Gasteiger partial charge in [-0.15, -0.1) is 0 Å². The molecule has 8 rings (SSSR count). The van der Waals surface area contributed by atoms with Crippen LogP contribution in [0.5, 0.6) is 0 Å². The summed E-state index contributed by atoms with van der Waals surface area (Å²) in [4.78, 5) is 0. The molecule has 0 radical (unpaired) electrons. The highest BCUT2D eigenvalue weighted by molar-refractivity contribution is 6.24. The van der Waals surface area contributed by atoms with Gasteiger partial charge in [0.1, 0.15) is 22.7 Å². The first kappa shape index (κ1) is 22.6. The SMILES string of the molecule is c1ccc(-c2oc3ccc4c(ccc5oc(-c6ccccc6)c(-c6ccccc6)c54)c3c2-c2ccccc2)cc1. The fraction of sp³-hybridized carbons (Fsp3) is 0. The lowest BCUT2D eigenvalue weighted by Gasteiger charge is -2.08. The molecule has 2 aromatic heterocycles. The molecule has 2 nitrogen and oxygen atoms in total. The first-order chi connectivity index (χ1) is 19.9. The Kier molecular flexibility index (Phi) is 5.17. The average Bonchev–Trinajstić information content (AvgIpc) is 3.62. The maximum Gasteiger partial charge on any atom is 0.143 e. The van der Waals surface area contributed by atoms with E-state index in [1.807, 2.05) is 12.1 Å². The average molecular weight is 513 g/mol. The van der Waals surface area contributed by atoms with Crippen molar-refractivity contribution in [3.63, 3.8) is 0 Å². The molecule has 0 N–H and O–H groups in total. The van der Waals surface area contributed by atoms with Crippen LogP contribution in [-0.2, 0) is 0 Å². The van der Waals surface area contributed by atoms with Gasteiger partial charge in [-0.05, 0) is 46.2 Å². The number of furan rings is 2. The largest absolute Gasteiger partial charge is 0.455 e. The van der Waals surface area contributed by atoms with E-state index in [1.165, 1.54) is 0 Å². The molecule has 0 unspecified atom stereocenters. The van der Waals surface area contributed by atoms with Crippen molar-refractivity contribution >= 4 is 32.7 Å². The predicted molar refractivity (Wildman–Crippen MR) is 165 cm³/mol. The number of rotatable bonds is 4. The van der Waals surface area contributed by atoms with Crippen LogP contribution in [0.15, 0.2) is 154 Å². The zero-order valence-corrected chi connectivity index (χ0v) is 21.7. The summed E-state index contributed by atoms with van der Waals surface area (Å²) in [6, 6.07) is 50.4. The lowest BCUT2D eigenvalue weighted by molar-refractivity contribution is 0.632. The Hall–Kier alpha value is -5.34. The van der Waals surface area contributed by atoms with Gasteiger partial charge in [0, 0.05) is 33.0 Å². The topological polar surface area (TPSA) is 26.3 Å². The van der Waals surface area contributed by atoms with Crippen molar-refractivity contribution in [2.45, 2.75) is 0 Å². The molecule has 2 heteroatoms. The van der Waals surface area contributed by atoms with Gasteiger partial charge in [-0.25, -0.2) is 0 Å². The van der Waals surface area contributed by atoms with Gasteiger partial charge in [-0.3, -0.25) is 0 Å². The third kappa shape index (κ3) is 3.50. The molecule has 0 aliphatic heterocycles. The second-order valence-corrected chi connectivity index (χ2v) is 10.0. The van der Waals surface area contributed by atoms with Crippen molar-refractivity contribution in [2.24, 2.45) is 0 Å². The standard InChI is InChI=1S/C38H24O2/c1-5-13-25(14-6-1)33-35-29-21-24-32-36(30(29)22-23-31(35)39-37(33)27-17-9-3-10-18-27)34(26-15-7-2-8-16-26)38(40-32)28-19-11-4-12-20-28/h1-24H. The Morgan fingerprint density at radius 1 is 0.300 bits per heavy atom. The van der Waals surface area contributed by atoms with Gasteiger partial charge in [-0.2, -0.15) is 0 Å². The van der Waals surface area contributed by atoms with Gasteiger partial charge in [0.15, 0.2) is 0 Å². The Morgan fingerprint density at radius 2 is 0.625 bits per heavy atom. The van der Waals surface area contributed by atoms with E-state index in [4.69, 9.17) is 8.83 Å². The van der Waals surface area contributed by atoms with Crippen LogP contribution in [0.4, 0.5) is 0 Å². The van der Waals surface area contributed by atoms with Gasteiger partial charge in [0.2, 0.25) is 0 Å². The molecule has 8 aromatic rings. The van der Waals surface area contributed by atoms with Crippen molar-refractivity contribution in [3.8, 4) is 44.9 Å². The van der Waals surface area contributed by atoms with Gasteiger partial charge in [0.05, 0.1) is 0 Å². The van der Waals surface area contributed by atoms with Crippen molar-refractivity contribution in [1.29, 1.82) is 0 Å². The third-order valence-corrected chi connectivity index (χ3v) is 7.70. The normalized spacial score (nSPS) is 11.5. The molecule has 0 aliphatic carbocycles. The zero-order valence-electron chi connectivity index (χ0n) is 21.7. The molecule has 188 valence electrons. The zero-order chi connectivity index (χ0) is 26.5. The van der Waals surface area contributed by atoms with E-state index in [-0.39, 0.29) is 0 Å². The summed E-state index contributed by atoms with van der Waals surface area (Å²) >= 11 is 0. The first-order valence-corrected chi connectivity index (χ1v) is 13.5. The van der Waals surface area contributed by atoms with Crippen LogP contribution in [0.25, 0.3) is 77.6 Å². The van der Waals surface area contributed by atoms with Crippen LogP contribution in [0.1, 0.15) is 0 Å². The van der Waals surface area contributed by atoms with Crippen LogP contribution in [-0.4, -0.2) is 0 Å². The maximum absolute atomic E-state index is 6.63. The highest BCUT2D eigenvalue weighted by Gasteiger charge is 2.24. The molecule has 0 fully saturated rings. The highest BCUT2D eigenvalue weighted by Crippen LogP contribution is 2.48. The fourth-order valence-corrected chi connectivity index (χ4v) is 5.95. The van der Waals surface area contributed by atoms with E-state index >= 15 is 0 Å². The summed E-state index contributed by atoms with van der Waals surface area (Å²) < 4.78 is 13.3. The molecular weight excluding hydrogens is 488 g/mol. The van der Waals surface area contributed by atoms with Gasteiger partial charge < -0.3 is 8.83 Å². The van der Waals surface area contributed by atoms with E-state index in [0.29, 0.717) is 0 Å². The van der Waals surface area contributed by atoms with Crippen molar-refractivity contribution in [1.82, 2.24) is 0 Å². The summed E-state index contributed by atoms with van der Waals surface area (Å²) in [7, 11) is 0. The first-order valence-electron chi connectivity index (χ1n) is 13.5. The van der Waals surface area contributed by atoms with Crippen molar-refractivity contribution in [2.75, 3.05) is 0 Å². The fourth-order valence-electron chi connectivity index (χ4n) is 5.95.